The van der Waals surface area contributed by atoms with E-state index < -0.39 is 45.0 Å². The maximum absolute atomic E-state index is 11.8. The van der Waals surface area contributed by atoms with Crippen LogP contribution in [0.4, 0.5) is 0 Å². The molecule has 3 N–H and O–H groups in total. The molecule has 0 aliphatic heterocycles. The van der Waals surface area contributed by atoms with Crippen molar-refractivity contribution in [1.29, 1.82) is 0 Å². The van der Waals surface area contributed by atoms with Crippen molar-refractivity contribution < 1.29 is 56.6 Å². The van der Waals surface area contributed by atoms with E-state index >= 15 is 0 Å². The predicted molar refractivity (Wildman–Crippen MR) is 122 cm³/mol. The van der Waals surface area contributed by atoms with E-state index in [1.807, 2.05) is 13.8 Å². The van der Waals surface area contributed by atoms with Gasteiger partial charge in [-0.3, -0.25) is 23.7 Å². The molecule has 1 unspecified atom stereocenters. The van der Waals surface area contributed by atoms with Gasteiger partial charge in [0, 0.05) is 33.0 Å². The topological polar surface area (TPSA) is 200 Å². The van der Waals surface area contributed by atoms with Crippen LogP contribution in [0.25, 0.3) is 0 Å². The predicted octanol–water partition coefficient (Wildman–Crippen LogP) is -1.75. The first-order valence-electron chi connectivity index (χ1n) is 11.2. The number of carbonyl (C=O) groups excluding carboxylic acids is 4. The van der Waals surface area contributed by atoms with Gasteiger partial charge in [-0.2, -0.15) is 0 Å². The minimum Gasteiger partial charge on any atom is -0.756 e. The SMILES string of the molecule is CC(=O)OC[C@H](COP(=O)([O-])OCCNC(=O)COCCOCCNC(=O)CNC(C)C)OC(C)=O. The van der Waals surface area contributed by atoms with Crippen molar-refractivity contribution in [3.05, 3.63) is 0 Å². The Morgan fingerprint density at radius 3 is 2.11 bits per heavy atom. The third kappa shape index (κ3) is 22.3. The fourth-order valence-electron chi connectivity index (χ4n) is 2.18. The second-order valence-electron chi connectivity index (χ2n) is 7.51. The Bertz CT molecular complexity index is 722. The standard InChI is InChI=1S/C20H38N3O12P/c1-15(2)23-11-19(26)21-5-7-30-9-10-31-14-20(27)22-6-8-33-36(28,29)34-13-18(35-17(4)25)12-32-16(3)24/h15,18,23H,5-14H2,1-4H3,(H,21,26)(H,22,27)(H,28,29)/p-1/t18-/m1/s1. The molecule has 0 aliphatic carbocycles. The van der Waals surface area contributed by atoms with E-state index in [1.54, 1.807) is 0 Å². The van der Waals surface area contributed by atoms with Gasteiger partial charge in [0.1, 0.15) is 13.2 Å². The molecule has 2 atom stereocenters. The van der Waals surface area contributed by atoms with Gasteiger partial charge in [-0.05, 0) is 0 Å². The number of amides is 2. The summed E-state index contributed by atoms with van der Waals surface area (Å²) in [6, 6.07) is 0.218. The minimum atomic E-state index is -4.76. The molecule has 0 aromatic rings. The molecular formula is C20H37N3O12P-. The van der Waals surface area contributed by atoms with Crippen molar-refractivity contribution in [2.24, 2.45) is 0 Å². The molecule has 2 amide bonds. The summed E-state index contributed by atoms with van der Waals surface area (Å²) in [5.74, 6) is -1.99. The highest BCUT2D eigenvalue weighted by Gasteiger charge is 2.19. The van der Waals surface area contributed by atoms with Crippen molar-refractivity contribution >= 4 is 31.6 Å². The van der Waals surface area contributed by atoms with Crippen molar-refractivity contribution in [3.63, 3.8) is 0 Å². The maximum atomic E-state index is 11.8. The van der Waals surface area contributed by atoms with Gasteiger partial charge < -0.3 is 48.8 Å². The van der Waals surface area contributed by atoms with E-state index in [2.05, 4.69) is 29.7 Å². The van der Waals surface area contributed by atoms with Crippen LogP contribution in [-0.2, 0) is 51.7 Å². The zero-order valence-corrected chi connectivity index (χ0v) is 22.0. The molecule has 0 saturated heterocycles. The number of phosphoric ester groups is 1. The van der Waals surface area contributed by atoms with Crippen molar-refractivity contribution in [1.82, 2.24) is 16.0 Å². The van der Waals surface area contributed by atoms with Gasteiger partial charge in [0.25, 0.3) is 7.82 Å². The van der Waals surface area contributed by atoms with Gasteiger partial charge in [-0.25, -0.2) is 0 Å². The quantitative estimate of drug-likeness (QED) is 0.0838. The zero-order chi connectivity index (χ0) is 27.4. The molecule has 0 aromatic heterocycles. The number of rotatable bonds is 21. The summed E-state index contributed by atoms with van der Waals surface area (Å²) in [7, 11) is -4.76. The van der Waals surface area contributed by atoms with Crippen LogP contribution in [0, 0.1) is 0 Å². The second kappa shape index (κ2) is 20.0. The van der Waals surface area contributed by atoms with Crippen LogP contribution in [0.3, 0.4) is 0 Å². The molecule has 15 nitrogen and oxygen atoms in total. The third-order valence-electron chi connectivity index (χ3n) is 3.74. The Kier molecular flexibility index (Phi) is 18.8. The van der Waals surface area contributed by atoms with Gasteiger partial charge in [-0.15, -0.1) is 0 Å². The smallest absolute Gasteiger partial charge is 0.303 e. The molecule has 36 heavy (non-hydrogen) atoms. The van der Waals surface area contributed by atoms with Crippen LogP contribution in [0.15, 0.2) is 0 Å². The average molecular weight is 542 g/mol. The molecule has 0 rings (SSSR count). The molecule has 0 bridgehead atoms. The Hall–Kier alpha value is -2.13. The number of ether oxygens (including phenoxy) is 4. The number of hydrogen-bond donors (Lipinski definition) is 3. The molecule has 16 heteroatoms. The van der Waals surface area contributed by atoms with E-state index in [9.17, 15) is 28.6 Å². The van der Waals surface area contributed by atoms with E-state index in [0.717, 1.165) is 13.8 Å². The molecule has 0 spiro atoms. The second-order valence-corrected chi connectivity index (χ2v) is 8.92. The van der Waals surface area contributed by atoms with Gasteiger partial charge in [0.15, 0.2) is 6.10 Å². The maximum Gasteiger partial charge on any atom is 0.303 e. The molecule has 0 radical (unpaired) electrons. The van der Waals surface area contributed by atoms with E-state index in [0.29, 0.717) is 13.2 Å². The number of esters is 2. The average Bonchev–Trinajstić information content (AvgIpc) is 2.78. The molecule has 0 aromatic carbocycles. The highest BCUT2D eigenvalue weighted by molar-refractivity contribution is 7.45. The van der Waals surface area contributed by atoms with Crippen LogP contribution in [-0.4, -0.2) is 102 Å². The minimum absolute atomic E-state index is 0.130. The lowest BCUT2D eigenvalue weighted by Gasteiger charge is -2.25. The molecule has 0 aliphatic rings. The van der Waals surface area contributed by atoms with E-state index in [4.69, 9.17) is 14.2 Å². The number of nitrogens with one attached hydrogen (secondary N) is 3. The van der Waals surface area contributed by atoms with Gasteiger partial charge in [0.2, 0.25) is 11.8 Å². The van der Waals surface area contributed by atoms with E-state index in [1.165, 1.54) is 0 Å². The van der Waals surface area contributed by atoms with Crippen LogP contribution >= 0.6 is 7.82 Å². The van der Waals surface area contributed by atoms with Crippen LogP contribution < -0.4 is 20.8 Å². The van der Waals surface area contributed by atoms with Crippen LogP contribution in [0.5, 0.6) is 0 Å². The fourth-order valence-corrected chi connectivity index (χ4v) is 2.92. The van der Waals surface area contributed by atoms with Crippen LogP contribution in [0.2, 0.25) is 0 Å². The summed E-state index contributed by atoms with van der Waals surface area (Å²) in [6.45, 7) is 5.54. The lowest BCUT2D eigenvalue weighted by Crippen LogP contribution is -2.38. The van der Waals surface area contributed by atoms with Gasteiger partial charge in [-0.1, -0.05) is 13.8 Å². The summed E-state index contributed by atoms with van der Waals surface area (Å²) in [6.07, 6.45) is -1.14. The number of phosphoric acid groups is 1. The monoisotopic (exact) mass is 542 g/mol. The summed E-state index contributed by atoms with van der Waals surface area (Å²) >= 11 is 0. The number of hydrogen-bond acceptors (Lipinski definition) is 13. The lowest BCUT2D eigenvalue weighted by molar-refractivity contribution is -0.228. The highest BCUT2D eigenvalue weighted by Crippen LogP contribution is 2.38. The third-order valence-corrected chi connectivity index (χ3v) is 4.71. The molecular weight excluding hydrogens is 505 g/mol. The largest absolute Gasteiger partial charge is 0.756 e. The Labute approximate surface area is 210 Å². The molecule has 0 heterocycles. The summed E-state index contributed by atoms with van der Waals surface area (Å²) < 4.78 is 40.9. The summed E-state index contributed by atoms with van der Waals surface area (Å²) in [5.41, 5.74) is 0. The molecule has 0 fully saturated rings. The van der Waals surface area contributed by atoms with Gasteiger partial charge >= 0.3 is 11.9 Å². The molecule has 0 saturated carbocycles. The molecule has 210 valence electrons. The number of carbonyl (C=O) groups is 4. The first-order valence-corrected chi connectivity index (χ1v) is 12.7. The van der Waals surface area contributed by atoms with Crippen molar-refractivity contribution in [2.45, 2.75) is 39.8 Å². The lowest BCUT2D eigenvalue weighted by atomic mass is 10.4. The normalized spacial score (nSPS) is 13.5. The summed E-state index contributed by atoms with van der Waals surface area (Å²) in [4.78, 5) is 56.8. The zero-order valence-electron chi connectivity index (χ0n) is 21.1. The van der Waals surface area contributed by atoms with E-state index in [-0.39, 0.29) is 51.5 Å². The van der Waals surface area contributed by atoms with Crippen molar-refractivity contribution in [2.75, 3.05) is 65.9 Å². The van der Waals surface area contributed by atoms with Crippen molar-refractivity contribution in [3.8, 4) is 0 Å². The Morgan fingerprint density at radius 2 is 1.47 bits per heavy atom. The van der Waals surface area contributed by atoms with Gasteiger partial charge in [0.05, 0.1) is 39.6 Å². The summed E-state index contributed by atoms with van der Waals surface area (Å²) in [5, 5.41) is 8.07. The first kappa shape index (κ1) is 33.9. The first-order chi connectivity index (χ1) is 16.9. The van der Waals surface area contributed by atoms with Crippen LogP contribution in [0.1, 0.15) is 27.7 Å². The highest BCUT2D eigenvalue weighted by atomic mass is 31.2. The Morgan fingerprint density at radius 1 is 0.833 bits per heavy atom. The fraction of sp³-hybridized carbons (Fsp3) is 0.800. The Balaban J connectivity index is 3.84.